The summed E-state index contributed by atoms with van der Waals surface area (Å²) in [5, 5.41) is 19.8. The van der Waals surface area contributed by atoms with Crippen LogP contribution in [-0.2, 0) is 11.3 Å². The molecule has 0 bridgehead atoms. The van der Waals surface area contributed by atoms with E-state index < -0.39 is 23.6 Å². The van der Waals surface area contributed by atoms with Crippen molar-refractivity contribution < 1.29 is 24.5 Å². The van der Waals surface area contributed by atoms with Crippen LogP contribution in [0.5, 0.6) is 0 Å². The zero-order valence-corrected chi connectivity index (χ0v) is 25.9. The molecule has 0 saturated carbocycles. The Kier molecular flexibility index (Phi) is 10.2. The Morgan fingerprint density at radius 2 is 1.58 bits per heavy atom. The Bertz CT molecular complexity index is 1630. The Morgan fingerprint density at radius 1 is 0.907 bits per heavy atom. The number of hydrogen-bond acceptors (Lipinski definition) is 6. The summed E-state index contributed by atoms with van der Waals surface area (Å²) in [5.74, 6) is -0.286. The zero-order valence-electron chi connectivity index (χ0n) is 25.1. The number of carbonyl (C=O) groups is 2. The van der Waals surface area contributed by atoms with Crippen LogP contribution in [0, 0.1) is 11.8 Å². The van der Waals surface area contributed by atoms with Crippen LogP contribution >= 0.6 is 11.8 Å². The Morgan fingerprint density at radius 3 is 2.30 bits per heavy atom. The van der Waals surface area contributed by atoms with Gasteiger partial charge in [-0.15, -0.1) is 11.8 Å². The summed E-state index contributed by atoms with van der Waals surface area (Å²) in [7, 11) is 1.26. The van der Waals surface area contributed by atoms with Crippen molar-refractivity contribution >= 4 is 40.0 Å². The summed E-state index contributed by atoms with van der Waals surface area (Å²) >= 11 is 1.52. The van der Waals surface area contributed by atoms with E-state index in [2.05, 4.69) is 16.7 Å². The van der Waals surface area contributed by atoms with E-state index in [1.165, 1.54) is 18.9 Å². The number of hydrogen-bond donors (Lipinski definition) is 3. The number of nitrogens with zero attached hydrogens (tertiary/aromatic N) is 1. The first-order valence-electron chi connectivity index (χ1n) is 14.1. The lowest BCUT2D eigenvalue weighted by molar-refractivity contribution is -0.737. The van der Waals surface area contributed by atoms with Crippen LogP contribution in [0.25, 0.3) is 10.8 Å². The van der Waals surface area contributed by atoms with Crippen LogP contribution in [0.1, 0.15) is 52.6 Å². The number of aliphatic hydroxyl groups is 1. The number of benzene rings is 4. The lowest BCUT2D eigenvalue weighted by Gasteiger charge is -2.26. The average molecular weight is 601 g/mol. The first kappa shape index (κ1) is 31.7. The first-order valence-corrected chi connectivity index (χ1v) is 15.1. The highest BCUT2D eigenvalue weighted by atomic mass is 32.2. The van der Waals surface area contributed by atoms with Crippen LogP contribution in [-0.4, -0.2) is 52.4 Å². The van der Waals surface area contributed by atoms with E-state index in [1.807, 2.05) is 69.3 Å². The number of thioether (sulfide) groups is 1. The quantitative estimate of drug-likeness (QED) is 0.141. The molecule has 1 unspecified atom stereocenters. The molecule has 4 rings (SSSR count). The van der Waals surface area contributed by atoms with Crippen molar-refractivity contribution in [2.75, 3.05) is 12.9 Å². The lowest BCUT2D eigenvalue weighted by Crippen LogP contribution is -2.46. The number of aliphatic hydroxyl groups excluding tert-OH is 1. The lowest BCUT2D eigenvalue weighted by atomic mass is 9.96. The fraction of sp³-hybridized carbons (Fsp3) is 0.294. The maximum Gasteiger partial charge on any atom is 0.320 e. The minimum atomic E-state index is -1.01. The van der Waals surface area contributed by atoms with Crippen LogP contribution in [0.3, 0.4) is 0 Å². The molecular weight excluding hydrogens is 562 g/mol. The summed E-state index contributed by atoms with van der Waals surface area (Å²) in [4.78, 5) is 44.9. The van der Waals surface area contributed by atoms with Gasteiger partial charge in [-0.25, -0.2) is 4.84 Å². The van der Waals surface area contributed by atoms with Crippen molar-refractivity contribution in [1.82, 2.24) is 10.6 Å². The fourth-order valence-corrected chi connectivity index (χ4v) is 5.85. The van der Waals surface area contributed by atoms with E-state index in [0.29, 0.717) is 32.9 Å². The second kappa shape index (κ2) is 13.8. The van der Waals surface area contributed by atoms with Crippen LogP contribution < -0.4 is 10.6 Å². The number of carbonyl (C=O) groups excluding carboxylic acids is 2. The number of amides is 2. The van der Waals surface area contributed by atoms with Gasteiger partial charge in [-0.3, -0.25) is 9.59 Å². The smallest absolute Gasteiger partial charge is 0.320 e. The molecule has 0 heterocycles. The van der Waals surface area contributed by atoms with Crippen LogP contribution in [0.2, 0.25) is 0 Å². The van der Waals surface area contributed by atoms with Gasteiger partial charge in [0.05, 0.1) is 17.1 Å². The van der Waals surface area contributed by atoms with Gasteiger partial charge in [0.25, 0.3) is 16.7 Å². The molecule has 0 aromatic heterocycles. The third kappa shape index (κ3) is 8.21. The Balaban J connectivity index is 1.61. The van der Waals surface area contributed by atoms with E-state index >= 15 is 0 Å². The highest BCUT2D eigenvalue weighted by molar-refractivity contribution is 7.99. The van der Waals surface area contributed by atoms with Crippen molar-refractivity contribution in [2.24, 2.45) is 0 Å². The van der Waals surface area contributed by atoms with Gasteiger partial charge in [-0.05, 0) is 68.3 Å². The van der Waals surface area contributed by atoms with Gasteiger partial charge in [-0.1, -0.05) is 54.6 Å². The second-order valence-corrected chi connectivity index (χ2v) is 12.5. The highest BCUT2D eigenvalue weighted by Gasteiger charge is 2.28. The zero-order chi connectivity index (χ0) is 31.1. The highest BCUT2D eigenvalue weighted by Crippen LogP contribution is 2.27. The average Bonchev–Trinajstić information content (AvgIpc) is 2.98. The summed E-state index contributed by atoms with van der Waals surface area (Å²) < 4.78 is 0. The monoisotopic (exact) mass is 600 g/mol. The molecule has 2 atom stereocenters. The van der Waals surface area contributed by atoms with Gasteiger partial charge >= 0.3 is 5.69 Å². The van der Waals surface area contributed by atoms with Gasteiger partial charge in [0.15, 0.2) is 7.11 Å². The second-order valence-electron chi connectivity index (χ2n) is 11.4. The summed E-state index contributed by atoms with van der Waals surface area (Å²) in [6.07, 6.45) is -0.868. The molecule has 4 aromatic carbocycles. The van der Waals surface area contributed by atoms with Crippen LogP contribution in [0.4, 0.5) is 5.69 Å². The summed E-state index contributed by atoms with van der Waals surface area (Å²) in [6.45, 7) is 7.41. The molecule has 0 saturated heterocycles. The van der Waals surface area contributed by atoms with Gasteiger partial charge in [0.1, 0.15) is 0 Å². The molecule has 0 aliphatic rings. The van der Waals surface area contributed by atoms with E-state index in [9.17, 15) is 19.6 Å². The predicted octanol–water partition coefficient (Wildman–Crippen LogP) is 6.14. The van der Waals surface area contributed by atoms with E-state index in [0.717, 1.165) is 15.7 Å². The third-order valence-corrected chi connectivity index (χ3v) is 8.14. The SMILES string of the molecule is CO[N+](=O)c1cccc(C(=O)NC(CSc2ccc3ccccc3c2)[C@H](O)Cc2ccccc2C(=O)NC(C)(C)C)c1C. The normalized spacial score (nSPS) is 12.8. The molecule has 0 aliphatic heterocycles. The van der Waals surface area contributed by atoms with E-state index in [4.69, 9.17) is 4.84 Å². The molecule has 4 aromatic rings. The van der Waals surface area contributed by atoms with Crippen molar-refractivity contribution in [3.05, 3.63) is 112 Å². The summed E-state index contributed by atoms with van der Waals surface area (Å²) in [6, 6.07) is 25.5. The molecule has 8 nitrogen and oxygen atoms in total. The fourth-order valence-electron chi connectivity index (χ4n) is 4.80. The molecular formula is C34H38N3O5S+. The van der Waals surface area contributed by atoms with Gasteiger partial charge in [-0.2, -0.15) is 0 Å². The molecule has 9 heteroatoms. The van der Waals surface area contributed by atoms with Gasteiger partial charge in [0, 0.05) is 45.4 Å². The topological polar surface area (TPSA) is 108 Å². The Hall–Kier alpha value is -4.21. The van der Waals surface area contributed by atoms with Crippen molar-refractivity contribution in [1.29, 1.82) is 0 Å². The molecule has 3 N–H and O–H groups in total. The van der Waals surface area contributed by atoms with Crippen molar-refractivity contribution in [3.63, 3.8) is 0 Å². The van der Waals surface area contributed by atoms with Gasteiger partial charge in [0.2, 0.25) is 0 Å². The van der Waals surface area contributed by atoms with Gasteiger partial charge < -0.3 is 15.7 Å². The van der Waals surface area contributed by atoms with Crippen molar-refractivity contribution in [3.8, 4) is 0 Å². The molecule has 0 radical (unpaired) electrons. The van der Waals surface area contributed by atoms with Crippen LogP contribution in [0.15, 0.2) is 89.8 Å². The minimum Gasteiger partial charge on any atom is -0.391 e. The third-order valence-electron chi connectivity index (χ3n) is 7.02. The van der Waals surface area contributed by atoms with Crippen molar-refractivity contribution in [2.45, 2.75) is 56.7 Å². The molecule has 0 spiro atoms. The van der Waals surface area contributed by atoms with E-state index in [-0.39, 0.29) is 18.0 Å². The number of nitrogens with one attached hydrogen (secondary N) is 2. The minimum absolute atomic E-state index is 0.147. The maximum atomic E-state index is 13.6. The first-order chi connectivity index (χ1) is 20.5. The standard InChI is InChI=1S/C34H37N3O5S/c1-22-27(15-10-16-30(22)37(41)42-5)32(39)35-29(21-43-26-18-17-23-11-6-7-12-24(23)19-26)31(38)20-25-13-8-9-14-28(25)33(40)36-34(2,3)4/h6-19,29,31,38H,20-21H2,1-5H3,(H-,35,36,39,40)/p+1/t29?,31-/m1/s1. The predicted molar refractivity (Wildman–Crippen MR) is 171 cm³/mol. The Labute approximate surface area is 256 Å². The molecule has 2 amide bonds. The number of fused-ring (bicyclic) bond motifs is 1. The molecule has 0 fully saturated rings. The summed E-state index contributed by atoms with van der Waals surface area (Å²) in [5.41, 5.74) is 1.70. The molecule has 43 heavy (non-hydrogen) atoms. The largest absolute Gasteiger partial charge is 0.391 e. The maximum absolute atomic E-state index is 13.6. The number of rotatable bonds is 11. The van der Waals surface area contributed by atoms with E-state index in [1.54, 1.807) is 37.3 Å². The molecule has 224 valence electrons. The molecule has 0 aliphatic carbocycles.